The number of nitrogens with one attached hydrogen (secondary N) is 2. The second kappa shape index (κ2) is 4.76. The van der Waals surface area contributed by atoms with Crippen molar-refractivity contribution in [1.82, 2.24) is 20.0 Å². The van der Waals surface area contributed by atoms with Crippen molar-refractivity contribution in [1.29, 1.82) is 0 Å². The normalized spacial score (nSPS) is 18.9. The Balaban J connectivity index is 1.80. The Bertz CT molecular complexity index is 706. The molecule has 2 aromatic rings. The molecule has 1 fully saturated rings. The summed E-state index contributed by atoms with van der Waals surface area (Å²) in [5, 5.41) is 4.79. The summed E-state index contributed by atoms with van der Waals surface area (Å²) in [7, 11) is 0. The molecule has 1 aliphatic rings. The first-order chi connectivity index (χ1) is 9.65. The van der Waals surface area contributed by atoms with E-state index in [1.165, 1.54) is 0 Å². The number of aromatic nitrogens is 2. The van der Waals surface area contributed by atoms with Crippen LogP contribution in [0.2, 0.25) is 0 Å². The minimum atomic E-state index is -0.698. The highest BCUT2D eigenvalue weighted by Gasteiger charge is 2.28. The molecule has 0 saturated carbocycles. The second-order valence-electron chi connectivity index (χ2n) is 4.55. The molecule has 0 aliphatic carbocycles. The average molecular weight is 272 g/mol. The van der Waals surface area contributed by atoms with E-state index in [1.54, 1.807) is 22.9 Å². The van der Waals surface area contributed by atoms with Gasteiger partial charge in [-0.15, -0.1) is 0 Å². The number of pyridine rings is 1. The molecule has 0 aromatic carbocycles. The van der Waals surface area contributed by atoms with Crippen molar-refractivity contribution in [3.8, 4) is 0 Å². The zero-order valence-electron chi connectivity index (χ0n) is 10.5. The zero-order chi connectivity index (χ0) is 14.1. The first-order valence-corrected chi connectivity index (χ1v) is 6.22. The van der Waals surface area contributed by atoms with Gasteiger partial charge in [-0.25, -0.2) is 4.98 Å². The van der Waals surface area contributed by atoms with Crippen LogP contribution >= 0.6 is 0 Å². The maximum Gasteiger partial charge on any atom is 0.288 e. The van der Waals surface area contributed by atoms with Crippen LogP contribution in [0.25, 0.3) is 5.52 Å². The van der Waals surface area contributed by atoms with Gasteiger partial charge in [0.1, 0.15) is 6.04 Å². The number of fused-ring (bicyclic) bond motifs is 1. The minimum Gasteiger partial charge on any atom is -0.338 e. The lowest BCUT2D eigenvalue weighted by Crippen LogP contribution is -2.52. The summed E-state index contributed by atoms with van der Waals surface area (Å²) in [6.45, 7) is 0. The van der Waals surface area contributed by atoms with Crippen LogP contribution in [0.4, 0.5) is 0 Å². The Hall–Kier alpha value is -2.70. The smallest absolute Gasteiger partial charge is 0.288 e. The molecule has 0 bridgehead atoms. The molecule has 20 heavy (non-hydrogen) atoms. The number of carbonyl (C=O) groups is 3. The molecule has 102 valence electrons. The third kappa shape index (κ3) is 2.13. The molecule has 0 spiro atoms. The molecule has 7 nitrogen and oxygen atoms in total. The number of hydrogen-bond acceptors (Lipinski definition) is 4. The van der Waals surface area contributed by atoms with Gasteiger partial charge in [-0.2, -0.15) is 0 Å². The van der Waals surface area contributed by atoms with Crippen molar-refractivity contribution in [2.45, 2.75) is 18.9 Å². The van der Waals surface area contributed by atoms with Crippen molar-refractivity contribution >= 4 is 23.2 Å². The van der Waals surface area contributed by atoms with Crippen LogP contribution in [0.5, 0.6) is 0 Å². The quantitative estimate of drug-likeness (QED) is 0.745. The van der Waals surface area contributed by atoms with Gasteiger partial charge in [0.25, 0.3) is 5.91 Å². The predicted octanol–water partition coefficient (Wildman–Crippen LogP) is -0.131. The van der Waals surface area contributed by atoms with Crippen LogP contribution in [0, 0.1) is 0 Å². The fourth-order valence-corrected chi connectivity index (χ4v) is 2.17. The van der Waals surface area contributed by atoms with E-state index in [0.29, 0.717) is 6.42 Å². The SMILES string of the molecule is O=C1CC[C@H](NC(=O)c2ncc3ccccn23)C(=O)N1. The standard InChI is InChI=1S/C13H12N4O3/c18-10-5-4-9(12(19)16-10)15-13(20)11-14-7-8-3-1-2-6-17(8)11/h1-3,6-7,9H,4-5H2,(H,15,20)(H,16,18,19)/t9-/m0/s1. The van der Waals surface area contributed by atoms with Gasteiger partial charge in [0.05, 0.1) is 11.7 Å². The summed E-state index contributed by atoms with van der Waals surface area (Å²) in [5.41, 5.74) is 0.793. The summed E-state index contributed by atoms with van der Waals surface area (Å²) in [6.07, 6.45) is 3.83. The first-order valence-electron chi connectivity index (χ1n) is 6.22. The number of nitrogens with zero attached hydrogens (tertiary/aromatic N) is 2. The molecule has 3 rings (SSSR count). The molecule has 0 unspecified atom stereocenters. The summed E-state index contributed by atoms with van der Waals surface area (Å²) < 4.78 is 1.64. The number of imidazole rings is 1. The third-order valence-electron chi connectivity index (χ3n) is 3.19. The van der Waals surface area contributed by atoms with Gasteiger partial charge in [0, 0.05) is 12.6 Å². The highest BCUT2D eigenvalue weighted by molar-refractivity contribution is 6.03. The molecule has 2 aromatic heterocycles. The Kier molecular flexibility index (Phi) is 2.94. The molecule has 1 atom stereocenters. The highest BCUT2D eigenvalue weighted by atomic mass is 16.2. The van der Waals surface area contributed by atoms with E-state index in [0.717, 1.165) is 5.52 Å². The number of rotatable bonds is 2. The Morgan fingerprint density at radius 3 is 3.05 bits per heavy atom. The van der Waals surface area contributed by atoms with Crippen LogP contribution in [0.1, 0.15) is 23.5 Å². The topological polar surface area (TPSA) is 92.6 Å². The lowest BCUT2D eigenvalue weighted by Gasteiger charge is -2.21. The summed E-state index contributed by atoms with van der Waals surface area (Å²) >= 11 is 0. The number of imide groups is 1. The summed E-state index contributed by atoms with van der Waals surface area (Å²) in [4.78, 5) is 38.9. The number of hydrogen-bond donors (Lipinski definition) is 2. The molecule has 1 saturated heterocycles. The molecular weight excluding hydrogens is 260 g/mol. The monoisotopic (exact) mass is 272 g/mol. The average Bonchev–Trinajstić information content (AvgIpc) is 2.86. The Morgan fingerprint density at radius 2 is 2.25 bits per heavy atom. The summed E-state index contributed by atoms with van der Waals surface area (Å²) in [6, 6.07) is 4.77. The molecule has 1 aliphatic heterocycles. The van der Waals surface area contributed by atoms with Gasteiger partial charge in [-0.05, 0) is 18.6 Å². The van der Waals surface area contributed by atoms with Crippen LogP contribution in [-0.2, 0) is 9.59 Å². The van der Waals surface area contributed by atoms with Crippen molar-refractivity contribution in [2.24, 2.45) is 0 Å². The van der Waals surface area contributed by atoms with Crippen LogP contribution < -0.4 is 10.6 Å². The van der Waals surface area contributed by atoms with E-state index in [-0.39, 0.29) is 18.2 Å². The van der Waals surface area contributed by atoms with Crippen molar-refractivity contribution in [3.63, 3.8) is 0 Å². The molecule has 0 radical (unpaired) electrons. The van der Waals surface area contributed by atoms with E-state index < -0.39 is 17.9 Å². The number of carbonyl (C=O) groups excluding carboxylic acids is 3. The largest absolute Gasteiger partial charge is 0.338 e. The first kappa shape index (κ1) is 12.3. The van der Waals surface area contributed by atoms with Gasteiger partial charge in [-0.3, -0.25) is 24.1 Å². The second-order valence-corrected chi connectivity index (χ2v) is 4.55. The molecular formula is C13H12N4O3. The van der Waals surface area contributed by atoms with E-state index in [2.05, 4.69) is 15.6 Å². The van der Waals surface area contributed by atoms with Crippen molar-refractivity contribution in [3.05, 3.63) is 36.4 Å². The van der Waals surface area contributed by atoms with E-state index in [4.69, 9.17) is 0 Å². The maximum absolute atomic E-state index is 12.2. The lowest BCUT2D eigenvalue weighted by atomic mass is 10.1. The predicted molar refractivity (Wildman–Crippen MR) is 68.8 cm³/mol. The van der Waals surface area contributed by atoms with Crippen molar-refractivity contribution in [2.75, 3.05) is 0 Å². The third-order valence-corrected chi connectivity index (χ3v) is 3.19. The van der Waals surface area contributed by atoms with E-state index in [1.807, 2.05) is 12.1 Å². The molecule has 7 heteroatoms. The van der Waals surface area contributed by atoms with Gasteiger partial charge < -0.3 is 5.32 Å². The number of amides is 3. The van der Waals surface area contributed by atoms with Crippen molar-refractivity contribution < 1.29 is 14.4 Å². The molecule has 2 N–H and O–H groups in total. The van der Waals surface area contributed by atoms with E-state index >= 15 is 0 Å². The Morgan fingerprint density at radius 1 is 1.40 bits per heavy atom. The fraction of sp³-hybridized carbons (Fsp3) is 0.231. The fourth-order valence-electron chi connectivity index (χ4n) is 2.17. The maximum atomic E-state index is 12.2. The Labute approximate surface area is 114 Å². The van der Waals surface area contributed by atoms with Crippen LogP contribution in [0.15, 0.2) is 30.6 Å². The number of piperidine rings is 1. The zero-order valence-corrected chi connectivity index (χ0v) is 10.5. The summed E-state index contributed by atoms with van der Waals surface area (Å²) in [5.74, 6) is -1.02. The van der Waals surface area contributed by atoms with Gasteiger partial charge in [0.2, 0.25) is 17.6 Å². The lowest BCUT2D eigenvalue weighted by molar-refractivity contribution is -0.134. The highest BCUT2D eigenvalue weighted by Crippen LogP contribution is 2.08. The molecule has 3 amide bonds. The van der Waals surface area contributed by atoms with Gasteiger partial charge in [-0.1, -0.05) is 6.07 Å². The van der Waals surface area contributed by atoms with Gasteiger partial charge in [0.15, 0.2) is 0 Å². The molecule has 3 heterocycles. The van der Waals surface area contributed by atoms with Crippen LogP contribution in [-0.4, -0.2) is 33.1 Å². The van der Waals surface area contributed by atoms with E-state index in [9.17, 15) is 14.4 Å². The van der Waals surface area contributed by atoms with Crippen LogP contribution in [0.3, 0.4) is 0 Å². The minimum absolute atomic E-state index is 0.213. The van der Waals surface area contributed by atoms with Gasteiger partial charge >= 0.3 is 0 Å².